The predicted octanol–water partition coefficient (Wildman–Crippen LogP) is 3.68. The normalized spacial score (nSPS) is 16.0. The molecule has 1 saturated heterocycles. The Hall–Kier alpha value is -3.39. The van der Waals surface area contributed by atoms with Gasteiger partial charge in [0.15, 0.2) is 0 Å². The summed E-state index contributed by atoms with van der Waals surface area (Å²) in [6.07, 6.45) is 2.75. The third-order valence-corrected chi connectivity index (χ3v) is 4.78. The third-order valence-electron chi connectivity index (χ3n) is 4.78. The zero-order valence-electron chi connectivity index (χ0n) is 16.0. The van der Waals surface area contributed by atoms with E-state index in [-0.39, 0.29) is 11.8 Å². The van der Waals surface area contributed by atoms with Crippen LogP contribution in [0.4, 0.5) is 5.69 Å². The monoisotopic (exact) mass is 395 g/mol. The number of ether oxygens (including phenoxy) is 3. The highest BCUT2D eigenvalue weighted by molar-refractivity contribution is 5.68. The van der Waals surface area contributed by atoms with Crippen molar-refractivity contribution in [3.8, 4) is 22.8 Å². The lowest BCUT2D eigenvalue weighted by Gasteiger charge is -2.16. The molecule has 1 aromatic heterocycles. The summed E-state index contributed by atoms with van der Waals surface area (Å²) >= 11 is 0. The van der Waals surface area contributed by atoms with Crippen molar-refractivity contribution in [2.75, 3.05) is 20.3 Å². The number of nitro benzene ring substituents is 1. The Balaban J connectivity index is 1.55. The number of nitrogens with zero attached hydrogens (tertiary/aromatic N) is 3. The molecule has 1 aliphatic heterocycles. The molecule has 0 spiro atoms. The lowest BCUT2D eigenvalue weighted by Crippen LogP contribution is -2.16. The first-order chi connectivity index (χ1) is 14.1. The van der Waals surface area contributed by atoms with Crippen LogP contribution in [0.2, 0.25) is 0 Å². The van der Waals surface area contributed by atoms with Crippen molar-refractivity contribution >= 4 is 5.69 Å². The summed E-state index contributed by atoms with van der Waals surface area (Å²) in [4.78, 5) is 10.4. The summed E-state index contributed by atoms with van der Waals surface area (Å²) in [7, 11) is 1.62. The van der Waals surface area contributed by atoms with E-state index < -0.39 is 4.92 Å². The molecule has 0 unspecified atom stereocenters. The number of benzene rings is 2. The van der Waals surface area contributed by atoms with E-state index in [0.717, 1.165) is 23.2 Å². The number of aromatic nitrogens is 2. The van der Waals surface area contributed by atoms with Gasteiger partial charge >= 0.3 is 0 Å². The first kappa shape index (κ1) is 18.9. The standard InChI is InChI=1S/C21H21N3O5/c1-27-17-6-7-19(21(12-17)29-18-9-11-28-14-18)20-8-10-23(22-20)13-15-2-4-16(5-3-15)24(25)26/h2-8,10,12,18H,9,11,13-14H2,1H3/t18-/m1/s1. The van der Waals surface area contributed by atoms with Crippen molar-refractivity contribution in [1.82, 2.24) is 9.78 Å². The lowest BCUT2D eigenvalue weighted by atomic mass is 10.1. The molecule has 0 bridgehead atoms. The quantitative estimate of drug-likeness (QED) is 0.448. The Morgan fingerprint density at radius 2 is 2.07 bits per heavy atom. The molecule has 0 aliphatic carbocycles. The summed E-state index contributed by atoms with van der Waals surface area (Å²) in [5.41, 5.74) is 2.66. The van der Waals surface area contributed by atoms with E-state index in [1.54, 1.807) is 23.9 Å². The van der Waals surface area contributed by atoms with E-state index in [9.17, 15) is 10.1 Å². The molecule has 4 rings (SSSR count). The fourth-order valence-electron chi connectivity index (χ4n) is 3.23. The van der Waals surface area contributed by atoms with Gasteiger partial charge in [0, 0.05) is 36.4 Å². The lowest BCUT2D eigenvalue weighted by molar-refractivity contribution is -0.384. The molecule has 0 amide bonds. The Kier molecular flexibility index (Phi) is 5.44. The largest absolute Gasteiger partial charge is 0.497 e. The molecule has 1 atom stereocenters. The second-order valence-electron chi connectivity index (χ2n) is 6.79. The van der Waals surface area contributed by atoms with Crippen LogP contribution in [0.25, 0.3) is 11.3 Å². The van der Waals surface area contributed by atoms with Gasteiger partial charge in [-0.1, -0.05) is 12.1 Å². The van der Waals surface area contributed by atoms with Crippen LogP contribution in [0.1, 0.15) is 12.0 Å². The highest BCUT2D eigenvalue weighted by Crippen LogP contribution is 2.34. The van der Waals surface area contributed by atoms with Crippen LogP contribution in [-0.2, 0) is 11.3 Å². The minimum Gasteiger partial charge on any atom is -0.497 e. The molecular weight excluding hydrogens is 374 g/mol. The third kappa shape index (κ3) is 4.38. The fraction of sp³-hybridized carbons (Fsp3) is 0.286. The number of nitro groups is 1. The molecular formula is C21H21N3O5. The summed E-state index contributed by atoms with van der Waals surface area (Å²) < 4.78 is 18.7. The van der Waals surface area contributed by atoms with E-state index in [1.165, 1.54) is 12.1 Å². The Morgan fingerprint density at radius 1 is 1.24 bits per heavy atom. The summed E-state index contributed by atoms with van der Waals surface area (Å²) in [5.74, 6) is 1.42. The van der Waals surface area contributed by atoms with Crippen molar-refractivity contribution in [3.05, 3.63) is 70.4 Å². The SMILES string of the molecule is COc1ccc(-c2ccn(Cc3ccc([N+](=O)[O-])cc3)n2)c(O[C@@H]2CCOC2)c1. The topological polar surface area (TPSA) is 88.7 Å². The molecule has 8 heteroatoms. The highest BCUT2D eigenvalue weighted by atomic mass is 16.6. The van der Waals surface area contributed by atoms with E-state index >= 15 is 0 Å². The van der Waals surface area contributed by atoms with Gasteiger partial charge < -0.3 is 14.2 Å². The maximum absolute atomic E-state index is 10.8. The molecule has 0 radical (unpaired) electrons. The van der Waals surface area contributed by atoms with E-state index in [0.29, 0.717) is 31.3 Å². The molecule has 2 aromatic carbocycles. The minimum absolute atomic E-state index is 0.0167. The van der Waals surface area contributed by atoms with Crippen molar-refractivity contribution < 1.29 is 19.1 Å². The molecule has 8 nitrogen and oxygen atoms in total. The maximum atomic E-state index is 10.8. The van der Waals surface area contributed by atoms with Crippen LogP contribution in [0.15, 0.2) is 54.7 Å². The molecule has 0 N–H and O–H groups in total. The summed E-state index contributed by atoms with van der Waals surface area (Å²) in [5, 5.41) is 15.4. The highest BCUT2D eigenvalue weighted by Gasteiger charge is 2.20. The molecule has 1 fully saturated rings. The predicted molar refractivity (Wildman–Crippen MR) is 106 cm³/mol. The van der Waals surface area contributed by atoms with Crippen LogP contribution in [0, 0.1) is 10.1 Å². The van der Waals surface area contributed by atoms with Crippen LogP contribution in [0.5, 0.6) is 11.5 Å². The molecule has 2 heterocycles. The van der Waals surface area contributed by atoms with Gasteiger partial charge in [-0.25, -0.2) is 0 Å². The summed E-state index contributed by atoms with van der Waals surface area (Å²) in [6, 6.07) is 14.1. The van der Waals surface area contributed by atoms with Gasteiger partial charge in [-0.3, -0.25) is 14.8 Å². The van der Waals surface area contributed by atoms with Crippen molar-refractivity contribution in [3.63, 3.8) is 0 Å². The van der Waals surface area contributed by atoms with Gasteiger partial charge in [0.2, 0.25) is 0 Å². The first-order valence-corrected chi connectivity index (χ1v) is 9.32. The Bertz CT molecular complexity index is 994. The number of rotatable bonds is 7. The minimum atomic E-state index is -0.406. The summed E-state index contributed by atoms with van der Waals surface area (Å²) in [6.45, 7) is 1.79. The van der Waals surface area contributed by atoms with Gasteiger partial charge in [0.1, 0.15) is 17.6 Å². The van der Waals surface area contributed by atoms with Gasteiger partial charge in [-0.2, -0.15) is 5.10 Å². The van der Waals surface area contributed by atoms with Gasteiger partial charge in [-0.15, -0.1) is 0 Å². The Labute approximate surface area is 167 Å². The van der Waals surface area contributed by atoms with Crippen LogP contribution < -0.4 is 9.47 Å². The second-order valence-corrected chi connectivity index (χ2v) is 6.79. The van der Waals surface area contributed by atoms with Gasteiger partial charge in [0.05, 0.1) is 37.5 Å². The number of hydrogen-bond acceptors (Lipinski definition) is 6. The molecule has 3 aromatic rings. The Morgan fingerprint density at radius 3 is 2.76 bits per heavy atom. The van der Waals surface area contributed by atoms with Gasteiger partial charge in [-0.05, 0) is 23.8 Å². The average molecular weight is 395 g/mol. The van der Waals surface area contributed by atoms with Crippen LogP contribution in [-0.4, -0.2) is 41.1 Å². The van der Waals surface area contributed by atoms with Crippen molar-refractivity contribution in [2.45, 2.75) is 19.1 Å². The van der Waals surface area contributed by atoms with E-state index in [4.69, 9.17) is 14.2 Å². The van der Waals surface area contributed by atoms with E-state index in [1.807, 2.05) is 30.5 Å². The van der Waals surface area contributed by atoms with Crippen LogP contribution in [0.3, 0.4) is 0 Å². The number of methoxy groups -OCH3 is 1. The average Bonchev–Trinajstić information content (AvgIpc) is 3.40. The first-order valence-electron chi connectivity index (χ1n) is 9.32. The molecule has 1 aliphatic rings. The fourth-order valence-corrected chi connectivity index (χ4v) is 3.23. The number of hydrogen-bond donors (Lipinski definition) is 0. The van der Waals surface area contributed by atoms with Crippen molar-refractivity contribution in [2.24, 2.45) is 0 Å². The zero-order chi connectivity index (χ0) is 20.2. The molecule has 0 saturated carbocycles. The van der Waals surface area contributed by atoms with Gasteiger partial charge in [0.25, 0.3) is 5.69 Å². The zero-order valence-corrected chi connectivity index (χ0v) is 16.0. The van der Waals surface area contributed by atoms with Crippen LogP contribution >= 0.6 is 0 Å². The van der Waals surface area contributed by atoms with Crippen molar-refractivity contribution in [1.29, 1.82) is 0 Å². The molecule has 150 valence electrons. The maximum Gasteiger partial charge on any atom is 0.269 e. The van der Waals surface area contributed by atoms with E-state index in [2.05, 4.69) is 5.10 Å². The molecule has 29 heavy (non-hydrogen) atoms. The number of non-ortho nitro benzene ring substituents is 1. The smallest absolute Gasteiger partial charge is 0.269 e. The second kappa shape index (κ2) is 8.32.